The highest BCUT2D eigenvalue weighted by Gasteiger charge is 2.29. The SMILES string of the molecule is COC(=O)Cn1c(=NC(=O)c2ccc(S(=O)(=O)N3CCCc4ccccc43)cc2)sc2cc(C(=O)OC)ccc21. The molecule has 2 heterocycles. The van der Waals surface area contributed by atoms with E-state index in [1.54, 1.807) is 24.3 Å². The lowest BCUT2D eigenvalue weighted by Gasteiger charge is -2.30. The summed E-state index contributed by atoms with van der Waals surface area (Å²) in [7, 11) is -1.30. The molecule has 1 aliphatic heterocycles. The molecule has 0 unspecified atom stereocenters. The summed E-state index contributed by atoms with van der Waals surface area (Å²) in [6.45, 7) is 0.174. The van der Waals surface area contributed by atoms with Crippen LogP contribution >= 0.6 is 11.3 Å². The highest BCUT2D eigenvalue weighted by molar-refractivity contribution is 7.92. The molecular weight excluding hydrogens is 554 g/mol. The van der Waals surface area contributed by atoms with Crippen LogP contribution in [0.15, 0.2) is 76.6 Å². The van der Waals surface area contributed by atoms with E-state index in [2.05, 4.69) is 4.99 Å². The standard InChI is InChI=1S/C28H25N3O7S2/c1-37-25(32)17-30-23-14-11-20(27(34)38-2)16-24(23)39-28(30)29-26(33)19-9-12-21(13-10-19)40(35,36)31-15-5-7-18-6-3-4-8-22(18)31/h3-4,6,8-14,16H,5,7,15,17H2,1-2H3. The number of para-hydroxylation sites is 1. The van der Waals surface area contributed by atoms with E-state index in [0.29, 0.717) is 34.4 Å². The van der Waals surface area contributed by atoms with Gasteiger partial charge in [0.25, 0.3) is 15.9 Å². The van der Waals surface area contributed by atoms with Gasteiger partial charge in [0, 0.05) is 12.1 Å². The zero-order valence-electron chi connectivity index (χ0n) is 21.7. The zero-order chi connectivity index (χ0) is 28.4. The molecule has 1 aliphatic rings. The van der Waals surface area contributed by atoms with Crippen molar-refractivity contribution in [1.82, 2.24) is 4.57 Å². The molecule has 5 rings (SSSR count). The average Bonchev–Trinajstić information content (AvgIpc) is 3.31. The van der Waals surface area contributed by atoms with Crippen LogP contribution < -0.4 is 9.11 Å². The lowest BCUT2D eigenvalue weighted by atomic mass is 10.0. The number of hydrogen-bond acceptors (Lipinski definition) is 8. The molecule has 0 fully saturated rings. The van der Waals surface area contributed by atoms with Gasteiger partial charge in [-0.25, -0.2) is 13.2 Å². The van der Waals surface area contributed by atoms with Crippen molar-refractivity contribution in [2.45, 2.75) is 24.3 Å². The van der Waals surface area contributed by atoms with Crippen molar-refractivity contribution in [2.24, 2.45) is 4.99 Å². The van der Waals surface area contributed by atoms with E-state index in [9.17, 15) is 22.8 Å². The van der Waals surface area contributed by atoms with Crippen LogP contribution in [0.2, 0.25) is 0 Å². The van der Waals surface area contributed by atoms with Gasteiger partial charge in [0.1, 0.15) is 6.54 Å². The fourth-order valence-electron chi connectivity index (χ4n) is 4.55. The van der Waals surface area contributed by atoms with E-state index in [1.807, 2.05) is 18.2 Å². The molecule has 12 heteroatoms. The Kier molecular flexibility index (Phi) is 7.55. The van der Waals surface area contributed by atoms with Crippen LogP contribution in [0.1, 0.15) is 32.7 Å². The highest BCUT2D eigenvalue weighted by Crippen LogP contribution is 2.32. The van der Waals surface area contributed by atoms with Gasteiger partial charge in [-0.15, -0.1) is 0 Å². The van der Waals surface area contributed by atoms with Gasteiger partial charge in [-0.05, 0) is 66.9 Å². The first-order chi connectivity index (χ1) is 19.2. The Morgan fingerprint density at radius 2 is 1.68 bits per heavy atom. The molecule has 0 N–H and O–H groups in total. The second-order valence-electron chi connectivity index (χ2n) is 8.97. The topological polar surface area (TPSA) is 124 Å². The van der Waals surface area contributed by atoms with Gasteiger partial charge < -0.3 is 14.0 Å². The van der Waals surface area contributed by atoms with E-state index in [4.69, 9.17) is 9.47 Å². The first-order valence-corrected chi connectivity index (χ1v) is 14.6. The Balaban J connectivity index is 1.48. The fraction of sp³-hybridized carbons (Fsp3) is 0.214. The van der Waals surface area contributed by atoms with E-state index in [1.165, 1.54) is 47.4 Å². The smallest absolute Gasteiger partial charge is 0.337 e. The van der Waals surface area contributed by atoms with Crippen molar-refractivity contribution in [3.05, 3.63) is 88.2 Å². The van der Waals surface area contributed by atoms with Gasteiger partial charge in [-0.3, -0.25) is 13.9 Å². The van der Waals surface area contributed by atoms with E-state index >= 15 is 0 Å². The van der Waals surface area contributed by atoms with Gasteiger partial charge in [-0.2, -0.15) is 4.99 Å². The number of esters is 2. The van der Waals surface area contributed by atoms with Crippen molar-refractivity contribution in [3.8, 4) is 0 Å². The number of ether oxygens (including phenoxy) is 2. The number of rotatable bonds is 6. The third kappa shape index (κ3) is 5.15. The number of aromatic nitrogens is 1. The van der Waals surface area contributed by atoms with Gasteiger partial charge in [-0.1, -0.05) is 29.5 Å². The van der Waals surface area contributed by atoms with Crippen LogP contribution in [0.5, 0.6) is 0 Å². The summed E-state index contributed by atoms with van der Waals surface area (Å²) in [5.41, 5.74) is 2.71. The Morgan fingerprint density at radius 3 is 2.40 bits per heavy atom. The molecule has 1 aromatic heterocycles. The monoisotopic (exact) mass is 579 g/mol. The van der Waals surface area contributed by atoms with Crippen LogP contribution in [-0.2, 0) is 37.3 Å². The minimum absolute atomic E-state index is 0.0683. The minimum atomic E-state index is -3.83. The highest BCUT2D eigenvalue weighted by atomic mass is 32.2. The Labute approximate surface area is 234 Å². The molecule has 1 amide bonds. The van der Waals surface area contributed by atoms with Gasteiger partial charge >= 0.3 is 11.9 Å². The summed E-state index contributed by atoms with van der Waals surface area (Å²) in [5.74, 6) is -1.68. The molecule has 10 nitrogen and oxygen atoms in total. The first-order valence-electron chi connectivity index (χ1n) is 12.3. The first kappa shape index (κ1) is 27.3. The number of aryl methyl sites for hydroxylation is 1. The number of benzene rings is 3. The van der Waals surface area contributed by atoms with E-state index < -0.39 is 27.9 Å². The maximum Gasteiger partial charge on any atom is 0.337 e. The summed E-state index contributed by atoms with van der Waals surface area (Å²) in [6.07, 6.45) is 1.53. The average molecular weight is 580 g/mol. The molecule has 0 saturated heterocycles. The molecule has 4 aromatic rings. The number of thiazole rings is 1. The lowest BCUT2D eigenvalue weighted by Crippen LogP contribution is -2.35. The third-order valence-electron chi connectivity index (χ3n) is 6.57. The lowest BCUT2D eigenvalue weighted by molar-refractivity contribution is -0.141. The molecule has 0 radical (unpaired) electrons. The Morgan fingerprint density at radius 1 is 0.950 bits per heavy atom. The van der Waals surface area contributed by atoms with Gasteiger partial charge in [0.2, 0.25) is 0 Å². The molecule has 0 spiro atoms. The van der Waals surface area contributed by atoms with Crippen LogP contribution in [0.4, 0.5) is 5.69 Å². The summed E-state index contributed by atoms with van der Waals surface area (Å²) in [5, 5.41) is 0. The van der Waals surface area contributed by atoms with Crippen molar-refractivity contribution < 1.29 is 32.3 Å². The van der Waals surface area contributed by atoms with Crippen molar-refractivity contribution >= 4 is 55.1 Å². The summed E-state index contributed by atoms with van der Waals surface area (Å²) < 4.78 is 40.0. The predicted octanol–water partition coefficient (Wildman–Crippen LogP) is 3.55. The zero-order valence-corrected chi connectivity index (χ0v) is 23.3. The normalized spacial score (nSPS) is 13.7. The van der Waals surface area contributed by atoms with Crippen molar-refractivity contribution in [1.29, 1.82) is 0 Å². The number of hydrogen-bond donors (Lipinski definition) is 0. The number of carbonyl (C=O) groups is 3. The summed E-state index contributed by atoms with van der Waals surface area (Å²) in [6, 6.07) is 17.8. The number of carbonyl (C=O) groups excluding carboxylic acids is 3. The predicted molar refractivity (Wildman–Crippen MR) is 149 cm³/mol. The second-order valence-corrected chi connectivity index (χ2v) is 11.8. The molecule has 0 saturated carbocycles. The van der Waals surface area contributed by atoms with E-state index in [0.717, 1.165) is 23.3 Å². The largest absolute Gasteiger partial charge is 0.468 e. The van der Waals surface area contributed by atoms with Gasteiger partial charge in [0.15, 0.2) is 4.80 Å². The van der Waals surface area contributed by atoms with E-state index in [-0.39, 0.29) is 21.8 Å². The third-order valence-corrected chi connectivity index (χ3v) is 9.44. The Hall–Kier alpha value is -4.29. The van der Waals surface area contributed by atoms with Crippen molar-refractivity contribution in [3.63, 3.8) is 0 Å². The van der Waals surface area contributed by atoms with Crippen LogP contribution in [0, 0.1) is 0 Å². The molecule has 3 aromatic carbocycles. The number of nitrogens with zero attached hydrogens (tertiary/aromatic N) is 3. The maximum absolute atomic E-state index is 13.4. The van der Waals surface area contributed by atoms with Crippen LogP contribution in [0.3, 0.4) is 0 Å². The molecule has 40 heavy (non-hydrogen) atoms. The number of amides is 1. The molecular formula is C28H25N3O7S2. The number of fused-ring (bicyclic) bond motifs is 2. The summed E-state index contributed by atoms with van der Waals surface area (Å²) >= 11 is 1.12. The van der Waals surface area contributed by atoms with Crippen LogP contribution in [-0.4, -0.2) is 51.6 Å². The molecule has 0 aliphatic carbocycles. The summed E-state index contributed by atoms with van der Waals surface area (Å²) in [4.78, 5) is 41.7. The van der Waals surface area contributed by atoms with Crippen LogP contribution in [0.25, 0.3) is 10.2 Å². The molecule has 0 atom stereocenters. The van der Waals surface area contributed by atoms with Crippen molar-refractivity contribution in [2.75, 3.05) is 25.1 Å². The fourth-order valence-corrected chi connectivity index (χ4v) is 7.15. The van der Waals surface area contributed by atoms with Gasteiger partial charge in [0.05, 0.1) is 40.6 Å². The maximum atomic E-state index is 13.4. The molecule has 0 bridgehead atoms. The minimum Gasteiger partial charge on any atom is -0.468 e. The number of anilines is 1. The Bertz CT molecular complexity index is 1810. The molecule has 206 valence electrons. The number of sulfonamides is 1. The second kappa shape index (κ2) is 11.1. The number of methoxy groups -OCH3 is 2. The quantitative estimate of drug-likeness (QED) is 0.320.